The summed E-state index contributed by atoms with van der Waals surface area (Å²) in [6.07, 6.45) is -2.82. The van der Waals surface area contributed by atoms with Crippen molar-refractivity contribution >= 4 is 11.6 Å². The van der Waals surface area contributed by atoms with Crippen LogP contribution in [0.2, 0.25) is 0 Å². The zero-order chi connectivity index (χ0) is 21.0. The second-order valence-electron chi connectivity index (χ2n) is 6.83. The third-order valence-electron chi connectivity index (χ3n) is 5.02. The number of ether oxygens (including phenoxy) is 2. The highest BCUT2D eigenvalue weighted by atomic mass is 19.4. The summed E-state index contributed by atoms with van der Waals surface area (Å²) in [5.41, 5.74) is -0.166. The average molecular weight is 408 g/mol. The maximum absolute atomic E-state index is 13.1. The van der Waals surface area contributed by atoms with Gasteiger partial charge in [-0.05, 0) is 37.6 Å². The van der Waals surface area contributed by atoms with E-state index in [1.54, 1.807) is 20.3 Å². The minimum atomic E-state index is -4.53. The number of hydrogen-bond donors (Lipinski definition) is 1. The standard InChI is InChI=1S/C21H23F3N2O3/c1-28-14-9-10-15(19(12-14)29-2)18-8-5-11-26(18)13-20(27)25-17-7-4-3-6-16(17)21(22,23)24/h3-4,6-7,9-10,12,18H,5,8,11,13H2,1-2H3,(H,25,27)/t18-/m0/s1. The van der Waals surface area contributed by atoms with Gasteiger partial charge in [0.05, 0.1) is 32.0 Å². The summed E-state index contributed by atoms with van der Waals surface area (Å²) in [6.45, 7) is 0.667. The largest absolute Gasteiger partial charge is 0.497 e. The van der Waals surface area contributed by atoms with Crippen molar-refractivity contribution in [3.05, 3.63) is 53.6 Å². The van der Waals surface area contributed by atoms with Gasteiger partial charge in [-0.3, -0.25) is 9.69 Å². The molecule has 5 nitrogen and oxygen atoms in total. The van der Waals surface area contributed by atoms with Crippen LogP contribution in [-0.4, -0.2) is 38.1 Å². The van der Waals surface area contributed by atoms with E-state index in [0.717, 1.165) is 24.5 Å². The molecule has 0 unspecified atom stereocenters. The van der Waals surface area contributed by atoms with Crippen molar-refractivity contribution in [3.63, 3.8) is 0 Å². The number of alkyl halides is 3. The van der Waals surface area contributed by atoms with E-state index < -0.39 is 17.6 Å². The van der Waals surface area contributed by atoms with Crippen LogP contribution in [-0.2, 0) is 11.0 Å². The highest BCUT2D eigenvalue weighted by Crippen LogP contribution is 2.39. The number of para-hydroxylation sites is 1. The fourth-order valence-corrected chi connectivity index (χ4v) is 3.67. The van der Waals surface area contributed by atoms with Crippen LogP contribution >= 0.6 is 0 Å². The number of nitrogens with zero attached hydrogens (tertiary/aromatic N) is 1. The highest BCUT2D eigenvalue weighted by Gasteiger charge is 2.34. The van der Waals surface area contributed by atoms with Gasteiger partial charge in [0.1, 0.15) is 11.5 Å². The number of rotatable bonds is 6. The Bertz CT molecular complexity index is 870. The van der Waals surface area contributed by atoms with E-state index in [9.17, 15) is 18.0 Å². The highest BCUT2D eigenvalue weighted by molar-refractivity contribution is 5.93. The molecule has 1 amide bonds. The zero-order valence-corrected chi connectivity index (χ0v) is 16.3. The molecule has 0 saturated carbocycles. The number of halogens is 3. The van der Waals surface area contributed by atoms with E-state index in [1.165, 1.54) is 18.2 Å². The quantitative estimate of drug-likeness (QED) is 0.765. The molecule has 0 bridgehead atoms. The monoisotopic (exact) mass is 408 g/mol. The number of amides is 1. The molecule has 1 N–H and O–H groups in total. The van der Waals surface area contributed by atoms with Crippen LogP contribution in [0.25, 0.3) is 0 Å². The Balaban J connectivity index is 1.75. The number of carbonyl (C=O) groups excluding carboxylic acids is 1. The predicted molar refractivity (Wildman–Crippen MR) is 103 cm³/mol. The third kappa shape index (κ3) is 4.82. The SMILES string of the molecule is COc1ccc([C@@H]2CCCN2CC(=O)Nc2ccccc2C(F)(F)F)c(OC)c1. The van der Waals surface area contributed by atoms with Gasteiger partial charge in [0.25, 0.3) is 0 Å². The number of anilines is 1. The van der Waals surface area contributed by atoms with Crippen LogP contribution < -0.4 is 14.8 Å². The van der Waals surface area contributed by atoms with Crippen LogP contribution in [0.3, 0.4) is 0 Å². The lowest BCUT2D eigenvalue weighted by Gasteiger charge is -2.26. The lowest BCUT2D eigenvalue weighted by molar-refractivity contribution is -0.137. The summed E-state index contributed by atoms with van der Waals surface area (Å²) < 4.78 is 50.1. The van der Waals surface area contributed by atoms with Crippen LogP contribution in [0.1, 0.15) is 30.0 Å². The molecule has 1 heterocycles. The lowest BCUT2D eigenvalue weighted by Crippen LogP contribution is -2.33. The Morgan fingerprint density at radius 2 is 1.93 bits per heavy atom. The first kappa shape index (κ1) is 21.0. The molecule has 2 aromatic rings. The molecule has 29 heavy (non-hydrogen) atoms. The summed E-state index contributed by atoms with van der Waals surface area (Å²) in [4.78, 5) is 14.5. The van der Waals surface area contributed by atoms with E-state index in [0.29, 0.717) is 18.0 Å². The van der Waals surface area contributed by atoms with E-state index >= 15 is 0 Å². The molecular weight excluding hydrogens is 385 g/mol. The summed E-state index contributed by atoms with van der Waals surface area (Å²) in [7, 11) is 3.14. The molecule has 0 spiro atoms. The summed E-state index contributed by atoms with van der Waals surface area (Å²) in [6, 6.07) is 10.4. The van der Waals surface area contributed by atoms with Crippen molar-refractivity contribution < 1.29 is 27.4 Å². The Labute approximate surface area is 167 Å². The van der Waals surface area contributed by atoms with Gasteiger partial charge in [0.15, 0.2) is 0 Å². The van der Waals surface area contributed by atoms with Crippen molar-refractivity contribution in [1.29, 1.82) is 0 Å². The zero-order valence-electron chi connectivity index (χ0n) is 16.3. The van der Waals surface area contributed by atoms with E-state index in [1.807, 2.05) is 17.0 Å². The Kier molecular flexibility index (Phi) is 6.32. The van der Waals surface area contributed by atoms with E-state index in [2.05, 4.69) is 5.32 Å². The van der Waals surface area contributed by atoms with Gasteiger partial charge in [-0.25, -0.2) is 0 Å². The van der Waals surface area contributed by atoms with Crippen LogP contribution in [0.5, 0.6) is 11.5 Å². The van der Waals surface area contributed by atoms with Gasteiger partial charge in [-0.2, -0.15) is 13.2 Å². The van der Waals surface area contributed by atoms with Crippen molar-refractivity contribution in [3.8, 4) is 11.5 Å². The molecule has 3 rings (SSSR count). The molecule has 1 aliphatic rings. The van der Waals surface area contributed by atoms with E-state index in [-0.39, 0.29) is 18.3 Å². The third-order valence-corrected chi connectivity index (χ3v) is 5.02. The Hall–Kier alpha value is -2.74. The Morgan fingerprint density at radius 1 is 1.17 bits per heavy atom. The van der Waals surface area contributed by atoms with Gasteiger partial charge >= 0.3 is 6.18 Å². The number of hydrogen-bond acceptors (Lipinski definition) is 4. The van der Waals surface area contributed by atoms with Gasteiger partial charge in [0, 0.05) is 17.7 Å². The maximum atomic E-state index is 13.1. The first-order valence-electron chi connectivity index (χ1n) is 9.25. The second-order valence-corrected chi connectivity index (χ2v) is 6.83. The molecule has 0 aliphatic carbocycles. The topological polar surface area (TPSA) is 50.8 Å². The van der Waals surface area contributed by atoms with Crippen molar-refractivity contribution in [2.24, 2.45) is 0 Å². The normalized spacial score (nSPS) is 17.2. The smallest absolute Gasteiger partial charge is 0.418 e. The van der Waals surface area contributed by atoms with Crippen molar-refractivity contribution in [1.82, 2.24) is 4.90 Å². The molecule has 1 saturated heterocycles. The van der Waals surface area contributed by atoms with Crippen LogP contribution in [0, 0.1) is 0 Å². The fourth-order valence-electron chi connectivity index (χ4n) is 3.67. The minimum absolute atomic E-state index is 0.00790. The first-order chi connectivity index (χ1) is 13.8. The van der Waals surface area contributed by atoms with E-state index in [4.69, 9.17) is 9.47 Å². The predicted octanol–water partition coefficient (Wildman–Crippen LogP) is 4.50. The molecular formula is C21H23F3N2O3. The molecule has 8 heteroatoms. The molecule has 1 fully saturated rings. The first-order valence-corrected chi connectivity index (χ1v) is 9.25. The number of likely N-dealkylation sites (tertiary alicyclic amines) is 1. The number of nitrogens with one attached hydrogen (secondary N) is 1. The number of benzene rings is 2. The van der Waals surface area contributed by atoms with Crippen LogP contribution in [0.15, 0.2) is 42.5 Å². The lowest BCUT2D eigenvalue weighted by atomic mass is 10.0. The second kappa shape index (κ2) is 8.73. The van der Waals surface area contributed by atoms with Crippen molar-refractivity contribution in [2.45, 2.75) is 25.1 Å². The molecule has 156 valence electrons. The fraction of sp³-hybridized carbons (Fsp3) is 0.381. The van der Waals surface area contributed by atoms with Crippen molar-refractivity contribution in [2.75, 3.05) is 32.6 Å². The van der Waals surface area contributed by atoms with Gasteiger partial charge in [-0.1, -0.05) is 18.2 Å². The molecule has 2 aromatic carbocycles. The minimum Gasteiger partial charge on any atom is -0.497 e. The average Bonchev–Trinajstić information content (AvgIpc) is 3.14. The number of carbonyl (C=O) groups is 1. The molecule has 1 atom stereocenters. The summed E-state index contributed by atoms with van der Waals surface area (Å²) in [5, 5.41) is 2.41. The molecule has 0 radical (unpaired) electrons. The molecule has 1 aliphatic heterocycles. The Morgan fingerprint density at radius 3 is 2.62 bits per heavy atom. The van der Waals surface area contributed by atoms with Gasteiger partial charge in [0.2, 0.25) is 5.91 Å². The summed E-state index contributed by atoms with van der Waals surface area (Å²) >= 11 is 0. The van der Waals surface area contributed by atoms with Crippen LogP contribution in [0.4, 0.5) is 18.9 Å². The van der Waals surface area contributed by atoms with Gasteiger partial charge in [-0.15, -0.1) is 0 Å². The number of methoxy groups -OCH3 is 2. The summed E-state index contributed by atoms with van der Waals surface area (Å²) in [5.74, 6) is 0.835. The van der Waals surface area contributed by atoms with Gasteiger partial charge < -0.3 is 14.8 Å². The molecule has 0 aromatic heterocycles. The maximum Gasteiger partial charge on any atom is 0.418 e.